The molecule has 1 heterocycles. The Morgan fingerprint density at radius 2 is 2.40 bits per heavy atom. The summed E-state index contributed by atoms with van der Waals surface area (Å²) in [5, 5.41) is 4.02. The quantitative estimate of drug-likeness (QED) is 0.760. The van der Waals surface area contributed by atoms with Crippen LogP contribution in [-0.2, 0) is 0 Å². The van der Waals surface area contributed by atoms with Crippen molar-refractivity contribution in [2.75, 3.05) is 0 Å². The minimum atomic E-state index is 0.501. The van der Waals surface area contributed by atoms with Crippen LogP contribution >= 0.6 is 0 Å². The molecule has 0 radical (unpaired) electrons. The maximum Gasteiger partial charge on any atom is 0.250 e. The van der Waals surface area contributed by atoms with Crippen LogP contribution in [0.3, 0.4) is 0 Å². The molecule has 0 aromatic carbocycles. The Hall–Kier alpha value is -1.12. The molecule has 15 heavy (non-hydrogen) atoms. The molecule has 0 N–H and O–H groups in total. The van der Waals surface area contributed by atoms with Crippen molar-refractivity contribution in [2.24, 2.45) is 5.92 Å². The molecule has 3 nitrogen and oxygen atoms in total. The highest BCUT2D eigenvalue weighted by Gasteiger charge is 2.25. The van der Waals surface area contributed by atoms with Gasteiger partial charge >= 0.3 is 0 Å². The lowest BCUT2D eigenvalue weighted by molar-refractivity contribution is 0.299. The van der Waals surface area contributed by atoms with E-state index in [-0.39, 0.29) is 0 Å². The van der Waals surface area contributed by atoms with Gasteiger partial charge in [-0.15, -0.1) is 0 Å². The van der Waals surface area contributed by atoms with Gasteiger partial charge in [0.2, 0.25) is 5.89 Å². The zero-order valence-electron chi connectivity index (χ0n) is 9.28. The first-order chi connectivity index (χ1) is 7.33. The second kappa shape index (κ2) is 4.60. The molecular weight excluding hydrogens is 188 g/mol. The molecule has 3 heteroatoms. The van der Waals surface area contributed by atoms with E-state index in [1.165, 1.54) is 32.1 Å². The second-order valence-corrected chi connectivity index (χ2v) is 4.33. The van der Waals surface area contributed by atoms with Crippen LogP contribution in [0.2, 0.25) is 0 Å². The number of hydrogen-bond donors (Lipinski definition) is 0. The summed E-state index contributed by atoms with van der Waals surface area (Å²) in [5.74, 6) is 2.77. The van der Waals surface area contributed by atoms with Gasteiger partial charge in [0.25, 0.3) is 0 Å². The van der Waals surface area contributed by atoms with Crippen LogP contribution in [0.15, 0.2) is 11.1 Å². The van der Waals surface area contributed by atoms with Gasteiger partial charge in [0.15, 0.2) is 5.82 Å². The van der Waals surface area contributed by atoms with Crippen LogP contribution in [-0.4, -0.2) is 10.1 Å². The standard InChI is InChI=1S/C12H18N2O/c1-3-9-6-5-7-10(8-9)12-13-11(4-2)15-14-12/h4,9-10H,2-3,5-8H2,1H3. The Labute approximate surface area is 90.6 Å². The zero-order chi connectivity index (χ0) is 10.7. The molecule has 1 saturated carbocycles. The molecule has 1 aliphatic carbocycles. The van der Waals surface area contributed by atoms with Crippen LogP contribution in [0.1, 0.15) is 56.7 Å². The highest BCUT2D eigenvalue weighted by atomic mass is 16.5. The van der Waals surface area contributed by atoms with E-state index in [1.54, 1.807) is 6.08 Å². The molecule has 2 rings (SSSR count). The number of rotatable bonds is 3. The van der Waals surface area contributed by atoms with Gasteiger partial charge in [0.1, 0.15) is 0 Å². The molecule has 1 aliphatic rings. The van der Waals surface area contributed by atoms with Gasteiger partial charge in [-0.3, -0.25) is 0 Å². The normalized spacial score (nSPS) is 26.5. The predicted molar refractivity (Wildman–Crippen MR) is 59.4 cm³/mol. The first kappa shape index (κ1) is 10.4. The van der Waals surface area contributed by atoms with E-state index in [2.05, 4.69) is 23.6 Å². The average Bonchev–Trinajstić information content (AvgIpc) is 2.78. The Balaban J connectivity index is 2.06. The van der Waals surface area contributed by atoms with Crippen molar-refractivity contribution in [3.63, 3.8) is 0 Å². The monoisotopic (exact) mass is 206 g/mol. The smallest absolute Gasteiger partial charge is 0.250 e. The molecule has 0 amide bonds. The fourth-order valence-corrected chi connectivity index (χ4v) is 2.39. The third kappa shape index (κ3) is 2.28. The number of hydrogen-bond acceptors (Lipinski definition) is 3. The lowest BCUT2D eigenvalue weighted by Gasteiger charge is -2.26. The summed E-state index contributed by atoms with van der Waals surface area (Å²) in [7, 11) is 0. The first-order valence-electron chi connectivity index (χ1n) is 5.79. The summed E-state index contributed by atoms with van der Waals surface area (Å²) in [4.78, 5) is 4.33. The van der Waals surface area contributed by atoms with Gasteiger partial charge in [0.05, 0.1) is 0 Å². The van der Waals surface area contributed by atoms with E-state index in [1.807, 2.05) is 0 Å². The summed E-state index contributed by atoms with van der Waals surface area (Å²) in [6.45, 7) is 5.89. The fourth-order valence-electron chi connectivity index (χ4n) is 2.39. The minimum absolute atomic E-state index is 0.501. The molecule has 0 aliphatic heterocycles. The van der Waals surface area contributed by atoms with Crippen LogP contribution < -0.4 is 0 Å². The van der Waals surface area contributed by atoms with E-state index >= 15 is 0 Å². The van der Waals surface area contributed by atoms with E-state index in [4.69, 9.17) is 4.52 Å². The summed E-state index contributed by atoms with van der Waals surface area (Å²) in [6, 6.07) is 0. The third-order valence-electron chi connectivity index (χ3n) is 3.36. The number of aromatic nitrogens is 2. The van der Waals surface area contributed by atoms with E-state index in [0.717, 1.165) is 11.7 Å². The van der Waals surface area contributed by atoms with Crippen molar-refractivity contribution >= 4 is 6.08 Å². The zero-order valence-corrected chi connectivity index (χ0v) is 9.28. The topological polar surface area (TPSA) is 38.9 Å². The number of nitrogens with zero attached hydrogens (tertiary/aromatic N) is 2. The second-order valence-electron chi connectivity index (χ2n) is 4.33. The average molecular weight is 206 g/mol. The Kier molecular flexibility index (Phi) is 3.19. The van der Waals surface area contributed by atoms with Crippen molar-refractivity contribution in [1.29, 1.82) is 0 Å². The van der Waals surface area contributed by atoms with Crippen molar-refractivity contribution in [3.05, 3.63) is 18.3 Å². The minimum Gasteiger partial charge on any atom is -0.335 e. The van der Waals surface area contributed by atoms with Gasteiger partial charge in [-0.05, 0) is 24.8 Å². The predicted octanol–water partition coefficient (Wildman–Crippen LogP) is 3.40. The van der Waals surface area contributed by atoms with Crippen LogP contribution in [0.4, 0.5) is 0 Å². The van der Waals surface area contributed by atoms with Gasteiger partial charge in [0, 0.05) is 5.92 Å². The Bertz CT molecular complexity index is 332. The van der Waals surface area contributed by atoms with Gasteiger partial charge in [-0.1, -0.05) is 37.9 Å². The molecule has 2 unspecified atom stereocenters. The third-order valence-corrected chi connectivity index (χ3v) is 3.36. The van der Waals surface area contributed by atoms with Gasteiger partial charge in [-0.2, -0.15) is 4.98 Å². The lowest BCUT2D eigenvalue weighted by Crippen LogP contribution is -2.14. The molecule has 0 spiro atoms. The van der Waals surface area contributed by atoms with Crippen molar-refractivity contribution < 1.29 is 4.52 Å². The Morgan fingerprint density at radius 1 is 1.53 bits per heavy atom. The molecule has 1 fully saturated rings. The Morgan fingerprint density at radius 3 is 3.07 bits per heavy atom. The van der Waals surface area contributed by atoms with E-state index in [9.17, 15) is 0 Å². The molecule has 1 aromatic rings. The SMILES string of the molecule is C=Cc1nc(C2CCCC(CC)C2)no1. The summed E-state index contributed by atoms with van der Waals surface area (Å²) < 4.78 is 5.06. The molecule has 1 aromatic heterocycles. The first-order valence-corrected chi connectivity index (χ1v) is 5.79. The van der Waals surface area contributed by atoms with E-state index < -0.39 is 0 Å². The van der Waals surface area contributed by atoms with E-state index in [0.29, 0.717) is 11.8 Å². The lowest BCUT2D eigenvalue weighted by atomic mass is 9.80. The van der Waals surface area contributed by atoms with Gasteiger partial charge in [-0.25, -0.2) is 0 Å². The van der Waals surface area contributed by atoms with Gasteiger partial charge < -0.3 is 4.52 Å². The maximum absolute atomic E-state index is 5.06. The van der Waals surface area contributed by atoms with Crippen LogP contribution in [0.25, 0.3) is 6.08 Å². The van der Waals surface area contributed by atoms with Crippen molar-refractivity contribution in [3.8, 4) is 0 Å². The molecule has 0 bridgehead atoms. The summed E-state index contributed by atoms with van der Waals surface area (Å²) in [5.41, 5.74) is 0. The summed E-state index contributed by atoms with van der Waals surface area (Å²) in [6.07, 6.45) is 7.94. The largest absolute Gasteiger partial charge is 0.335 e. The highest BCUT2D eigenvalue weighted by Crippen LogP contribution is 2.36. The molecule has 0 saturated heterocycles. The fraction of sp³-hybridized carbons (Fsp3) is 0.667. The molecular formula is C12H18N2O. The maximum atomic E-state index is 5.06. The van der Waals surface area contributed by atoms with Crippen molar-refractivity contribution in [1.82, 2.24) is 10.1 Å². The van der Waals surface area contributed by atoms with Crippen LogP contribution in [0.5, 0.6) is 0 Å². The van der Waals surface area contributed by atoms with Crippen LogP contribution in [0, 0.1) is 5.92 Å². The summed E-state index contributed by atoms with van der Waals surface area (Å²) >= 11 is 0. The molecule has 82 valence electrons. The van der Waals surface area contributed by atoms with Crippen molar-refractivity contribution in [2.45, 2.75) is 44.9 Å². The molecule has 2 atom stereocenters. The highest BCUT2D eigenvalue weighted by molar-refractivity contribution is 5.32.